The summed E-state index contributed by atoms with van der Waals surface area (Å²) in [6, 6.07) is 9.68. The molecule has 0 atom stereocenters. The Morgan fingerprint density at radius 2 is 1.76 bits per heavy atom. The van der Waals surface area contributed by atoms with Crippen LogP contribution >= 0.6 is 0 Å². The second kappa shape index (κ2) is 11.0. The number of carbonyl (C=O) groups excluding carboxylic acids is 1. The maximum Gasteiger partial charge on any atom is 0.314 e. The van der Waals surface area contributed by atoms with Gasteiger partial charge < -0.3 is 25.3 Å². The molecule has 1 fully saturated rings. The highest BCUT2D eigenvalue weighted by Crippen LogP contribution is 2.35. The van der Waals surface area contributed by atoms with E-state index in [1.54, 1.807) is 31.5 Å². The van der Waals surface area contributed by atoms with Gasteiger partial charge in [-0.05, 0) is 49.7 Å². The number of carboxylic acids is 1. The van der Waals surface area contributed by atoms with Crippen molar-refractivity contribution in [2.45, 2.75) is 33.0 Å². The third-order valence-electron chi connectivity index (χ3n) is 5.15. The fourth-order valence-electron chi connectivity index (χ4n) is 3.18. The molecule has 2 aromatic heterocycles. The predicted octanol–water partition coefficient (Wildman–Crippen LogP) is 3.69. The van der Waals surface area contributed by atoms with E-state index in [1.807, 2.05) is 19.1 Å². The van der Waals surface area contributed by atoms with Crippen LogP contribution in [0.5, 0.6) is 0 Å². The largest absolute Gasteiger partial charge is 0.481 e. The normalized spacial score (nSPS) is 19.7. The van der Waals surface area contributed by atoms with Gasteiger partial charge in [-0.3, -0.25) is 14.6 Å². The molecule has 10 heteroatoms. The van der Waals surface area contributed by atoms with Crippen LogP contribution in [0.3, 0.4) is 0 Å². The Morgan fingerprint density at radius 3 is 2.26 bits per heavy atom. The average Bonchev–Trinajstić information content (AvgIpc) is 3.26. The summed E-state index contributed by atoms with van der Waals surface area (Å²) in [5.74, 6) is -1.11. The molecule has 0 radical (unpaired) electrons. The Balaban J connectivity index is 0.000000481. The lowest BCUT2D eigenvalue weighted by Gasteiger charge is -2.33. The fraction of sp³-hybridized carbons (Fsp3) is 0.333. The number of nitrogens with two attached hydrogens (primary N) is 1. The number of ether oxygens (including phenoxy) is 2. The maximum atomic E-state index is 13.3. The van der Waals surface area contributed by atoms with Gasteiger partial charge in [-0.15, -0.1) is 0 Å². The Labute approximate surface area is 196 Å². The van der Waals surface area contributed by atoms with Crippen molar-refractivity contribution in [3.63, 3.8) is 0 Å². The number of primary amides is 1. The molecule has 1 aromatic carbocycles. The molecule has 0 saturated carbocycles. The molecule has 34 heavy (non-hydrogen) atoms. The van der Waals surface area contributed by atoms with Gasteiger partial charge in [0.05, 0.1) is 24.6 Å². The lowest BCUT2D eigenvalue weighted by Crippen LogP contribution is -2.42. The number of rotatable bonds is 6. The van der Waals surface area contributed by atoms with Crippen molar-refractivity contribution < 1.29 is 28.6 Å². The van der Waals surface area contributed by atoms with Gasteiger partial charge in [-0.2, -0.15) is 0 Å². The van der Waals surface area contributed by atoms with E-state index in [4.69, 9.17) is 15.2 Å². The minimum Gasteiger partial charge on any atom is -0.481 e. The minimum absolute atomic E-state index is 0.00414. The summed E-state index contributed by atoms with van der Waals surface area (Å²) in [7, 11) is 0. The summed E-state index contributed by atoms with van der Waals surface area (Å²) >= 11 is 0. The van der Waals surface area contributed by atoms with Crippen molar-refractivity contribution in [2.75, 3.05) is 13.2 Å². The van der Waals surface area contributed by atoms with Crippen LogP contribution in [-0.4, -0.2) is 45.1 Å². The van der Waals surface area contributed by atoms with E-state index in [-0.39, 0.29) is 24.9 Å². The lowest BCUT2D eigenvalue weighted by atomic mass is 9.92. The summed E-state index contributed by atoms with van der Waals surface area (Å²) in [4.78, 5) is 33.0. The van der Waals surface area contributed by atoms with Gasteiger partial charge in [0.25, 0.3) is 0 Å². The van der Waals surface area contributed by atoms with Crippen molar-refractivity contribution in [3.8, 4) is 22.5 Å². The first-order valence-electron chi connectivity index (χ1n) is 10.7. The zero-order valence-corrected chi connectivity index (χ0v) is 19.0. The number of nitrogens with zero attached hydrogens (tertiary/aromatic N) is 2. The van der Waals surface area contributed by atoms with E-state index in [0.29, 0.717) is 23.6 Å². The molecule has 0 spiro atoms. The van der Waals surface area contributed by atoms with E-state index in [9.17, 15) is 19.1 Å². The Kier molecular flexibility index (Phi) is 8.08. The topological polar surface area (TPSA) is 140 Å². The fourth-order valence-corrected chi connectivity index (χ4v) is 3.18. The highest BCUT2D eigenvalue weighted by Gasteiger charge is 2.40. The number of hydrogen-bond acceptors (Lipinski definition) is 6. The number of aromatic amines is 1. The predicted molar refractivity (Wildman–Crippen MR) is 122 cm³/mol. The number of amides is 1. The average molecular weight is 471 g/mol. The number of hydrogen-bond donors (Lipinski definition) is 3. The highest BCUT2D eigenvalue weighted by atomic mass is 19.1. The first-order chi connectivity index (χ1) is 16.2. The van der Waals surface area contributed by atoms with Gasteiger partial charge in [0.2, 0.25) is 12.2 Å². The lowest BCUT2D eigenvalue weighted by molar-refractivity contribution is -0.236. The zero-order valence-electron chi connectivity index (χ0n) is 19.0. The molecule has 3 aromatic rings. The summed E-state index contributed by atoms with van der Waals surface area (Å²) in [6.45, 7) is 3.50. The Morgan fingerprint density at radius 1 is 1.15 bits per heavy atom. The van der Waals surface area contributed by atoms with Crippen LogP contribution in [0, 0.1) is 11.2 Å². The number of H-pyrrole nitrogens is 1. The molecule has 1 aliphatic rings. The minimum atomic E-state index is -1.10. The van der Waals surface area contributed by atoms with Gasteiger partial charge in [0.1, 0.15) is 11.2 Å². The van der Waals surface area contributed by atoms with Gasteiger partial charge in [0, 0.05) is 29.9 Å². The second-order valence-corrected chi connectivity index (χ2v) is 8.12. The van der Waals surface area contributed by atoms with Gasteiger partial charge in [-0.1, -0.05) is 6.92 Å². The summed E-state index contributed by atoms with van der Waals surface area (Å²) in [5.41, 5.74) is 6.56. The maximum absolute atomic E-state index is 13.3. The van der Waals surface area contributed by atoms with Crippen LogP contribution in [0.15, 0.2) is 48.8 Å². The van der Waals surface area contributed by atoms with Crippen molar-refractivity contribution in [2.24, 2.45) is 11.1 Å². The number of imidazole rings is 1. The number of halogens is 1. The van der Waals surface area contributed by atoms with E-state index in [0.717, 1.165) is 17.5 Å². The molecule has 1 saturated heterocycles. The summed E-state index contributed by atoms with van der Waals surface area (Å²) in [6.07, 6.45) is 3.88. The SMILES string of the molecule is CC1(C(=O)O)COC(c2nc(-c3ccc(F)cc3)c(-c3ccncc3)[nH]2)OC1.CCCC(N)=O. The van der Waals surface area contributed by atoms with E-state index >= 15 is 0 Å². The molecular weight excluding hydrogens is 443 g/mol. The standard InChI is InChI=1S/C20H18FN3O4.C4H9NO/c1-20(19(25)26)10-27-18(28-11-20)17-23-15(12-2-4-14(21)5-3-12)16(24-17)13-6-8-22-9-7-13;1-2-3-4(5)6/h2-9,18H,10-11H2,1H3,(H,23,24)(H,25,26);2-3H2,1H3,(H2,5,6). The van der Waals surface area contributed by atoms with Gasteiger partial charge >= 0.3 is 5.97 Å². The van der Waals surface area contributed by atoms with E-state index in [2.05, 4.69) is 15.0 Å². The first kappa shape index (κ1) is 25.0. The summed E-state index contributed by atoms with van der Waals surface area (Å²) < 4.78 is 24.6. The van der Waals surface area contributed by atoms with Crippen molar-refractivity contribution in [1.29, 1.82) is 0 Å². The molecule has 1 amide bonds. The Hall–Kier alpha value is -3.63. The molecule has 4 N–H and O–H groups in total. The quantitative estimate of drug-likeness (QED) is 0.499. The van der Waals surface area contributed by atoms with Gasteiger partial charge in [-0.25, -0.2) is 9.37 Å². The number of aliphatic carboxylic acids is 1. The molecule has 1 aliphatic heterocycles. The van der Waals surface area contributed by atoms with Gasteiger partial charge in [0.15, 0.2) is 5.82 Å². The monoisotopic (exact) mass is 470 g/mol. The molecule has 4 rings (SSSR count). The van der Waals surface area contributed by atoms with E-state index < -0.39 is 17.7 Å². The number of pyridine rings is 1. The number of aromatic nitrogens is 3. The van der Waals surface area contributed by atoms with Crippen LogP contribution < -0.4 is 5.73 Å². The zero-order chi connectivity index (χ0) is 24.7. The molecule has 180 valence electrons. The Bertz CT molecular complexity index is 1110. The van der Waals surface area contributed by atoms with Crippen LogP contribution in [0.1, 0.15) is 38.8 Å². The first-order valence-corrected chi connectivity index (χ1v) is 10.7. The number of carboxylic acid groups (broad SMARTS) is 1. The molecule has 9 nitrogen and oxygen atoms in total. The number of nitrogens with one attached hydrogen (secondary N) is 1. The van der Waals surface area contributed by atoms with Crippen molar-refractivity contribution >= 4 is 11.9 Å². The number of carbonyl (C=O) groups is 2. The second-order valence-electron chi connectivity index (χ2n) is 8.12. The van der Waals surface area contributed by atoms with E-state index in [1.165, 1.54) is 12.1 Å². The summed E-state index contributed by atoms with van der Waals surface area (Å²) in [5, 5.41) is 9.30. The van der Waals surface area contributed by atoms with Crippen molar-refractivity contribution in [1.82, 2.24) is 15.0 Å². The number of benzene rings is 1. The molecule has 0 bridgehead atoms. The molecule has 0 unspecified atom stereocenters. The third-order valence-corrected chi connectivity index (χ3v) is 5.15. The van der Waals surface area contributed by atoms with Crippen LogP contribution in [0.4, 0.5) is 4.39 Å². The highest BCUT2D eigenvalue weighted by molar-refractivity contribution is 5.78. The van der Waals surface area contributed by atoms with Crippen LogP contribution in [-0.2, 0) is 19.1 Å². The third kappa shape index (κ3) is 6.03. The van der Waals surface area contributed by atoms with Crippen LogP contribution in [0.2, 0.25) is 0 Å². The molecule has 0 aliphatic carbocycles. The van der Waals surface area contributed by atoms with Crippen LogP contribution in [0.25, 0.3) is 22.5 Å². The smallest absolute Gasteiger partial charge is 0.314 e. The van der Waals surface area contributed by atoms with Crippen molar-refractivity contribution in [3.05, 3.63) is 60.4 Å². The molecule has 3 heterocycles. The molecular formula is C24H27FN4O5.